The number of furan rings is 2. The summed E-state index contributed by atoms with van der Waals surface area (Å²) in [6, 6.07) is 13.3. The van der Waals surface area contributed by atoms with Crippen molar-refractivity contribution in [3.8, 4) is 5.75 Å². The van der Waals surface area contributed by atoms with Crippen LogP contribution in [-0.2, 0) is 11.3 Å². The van der Waals surface area contributed by atoms with E-state index >= 15 is 0 Å². The number of hydrogen-bond donors (Lipinski definition) is 0. The standard InChI is InChI=1S/C26H31N3O5/c1-3-32-24-9-5-4-8-23(24)27-13-15-28(16-14-27)25(30)10-12-29(19-21-7-6-17-34-21)26(31)22-11-18-33-20(22)2/h4-9,11,17-18H,3,10,12-16,19H2,1-2H3. The molecule has 8 nitrogen and oxygen atoms in total. The van der Waals surface area contributed by atoms with E-state index in [1.165, 1.54) is 6.26 Å². The largest absolute Gasteiger partial charge is 0.492 e. The number of rotatable bonds is 9. The minimum Gasteiger partial charge on any atom is -0.492 e. The summed E-state index contributed by atoms with van der Waals surface area (Å²) in [6.07, 6.45) is 3.33. The third-order valence-corrected chi connectivity index (χ3v) is 6.04. The number of ether oxygens (including phenoxy) is 1. The molecule has 34 heavy (non-hydrogen) atoms. The number of anilines is 1. The fourth-order valence-corrected chi connectivity index (χ4v) is 4.20. The van der Waals surface area contributed by atoms with Crippen LogP contribution in [0.2, 0.25) is 0 Å². The predicted molar refractivity (Wildman–Crippen MR) is 128 cm³/mol. The highest BCUT2D eigenvalue weighted by atomic mass is 16.5. The monoisotopic (exact) mass is 465 g/mol. The highest BCUT2D eigenvalue weighted by Crippen LogP contribution is 2.29. The number of piperazine rings is 1. The molecule has 1 fully saturated rings. The van der Waals surface area contributed by atoms with Crippen LogP contribution in [0.3, 0.4) is 0 Å². The predicted octanol–water partition coefficient (Wildman–Crippen LogP) is 3.96. The Hall–Kier alpha value is -3.68. The summed E-state index contributed by atoms with van der Waals surface area (Å²) in [7, 11) is 0. The van der Waals surface area contributed by atoms with E-state index < -0.39 is 0 Å². The summed E-state index contributed by atoms with van der Waals surface area (Å²) in [4.78, 5) is 31.9. The Balaban J connectivity index is 1.35. The number of para-hydroxylation sites is 2. The molecule has 3 aromatic rings. The number of hydrogen-bond acceptors (Lipinski definition) is 6. The fourth-order valence-electron chi connectivity index (χ4n) is 4.20. The van der Waals surface area contributed by atoms with Gasteiger partial charge in [0.1, 0.15) is 17.3 Å². The lowest BCUT2D eigenvalue weighted by Crippen LogP contribution is -2.49. The van der Waals surface area contributed by atoms with Gasteiger partial charge < -0.3 is 28.3 Å². The van der Waals surface area contributed by atoms with Crippen molar-refractivity contribution >= 4 is 17.5 Å². The van der Waals surface area contributed by atoms with Gasteiger partial charge in [0.05, 0.1) is 36.9 Å². The van der Waals surface area contributed by atoms with E-state index in [1.54, 1.807) is 30.2 Å². The molecule has 1 saturated heterocycles. The van der Waals surface area contributed by atoms with Gasteiger partial charge in [0.15, 0.2) is 0 Å². The Kier molecular flexibility index (Phi) is 7.57. The maximum atomic E-state index is 13.1. The number of carbonyl (C=O) groups excluding carboxylic acids is 2. The second kappa shape index (κ2) is 11.0. The van der Waals surface area contributed by atoms with Crippen LogP contribution in [0.15, 0.2) is 63.8 Å². The molecular weight excluding hydrogens is 434 g/mol. The molecule has 0 saturated carbocycles. The lowest BCUT2D eigenvalue weighted by Gasteiger charge is -2.37. The molecule has 2 amide bonds. The van der Waals surface area contributed by atoms with E-state index in [9.17, 15) is 9.59 Å². The Bertz CT molecular complexity index is 1080. The molecule has 180 valence electrons. The van der Waals surface area contributed by atoms with Gasteiger partial charge in [-0.25, -0.2) is 0 Å². The maximum absolute atomic E-state index is 13.1. The average Bonchev–Trinajstić information content (AvgIpc) is 3.53. The number of nitrogens with zero attached hydrogens (tertiary/aromatic N) is 3. The van der Waals surface area contributed by atoms with E-state index in [0.717, 1.165) is 24.5 Å². The molecule has 0 unspecified atom stereocenters. The Morgan fingerprint density at radius 2 is 1.79 bits per heavy atom. The molecule has 0 spiro atoms. The first-order chi connectivity index (χ1) is 16.6. The van der Waals surface area contributed by atoms with Gasteiger partial charge in [0.2, 0.25) is 5.91 Å². The first-order valence-corrected chi connectivity index (χ1v) is 11.7. The van der Waals surface area contributed by atoms with Crippen molar-refractivity contribution in [2.75, 3.05) is 44.2 Å². The zero-order valence-corrected chi connectivity index (χ0v) is 19.7. The molecular formula is C26H31N3O5. The molecule has 0 bridgehead atoms. The summed E-state index contributed by atoms with van der Waals surface area (Å²) in [5, 5.41) is 0. The van der Waals surface area contributed by atoms with Crippen LogP contribution in [0.25, 0.3) is 0 Å². The van der Waals surface area contributed by atoms with Crippen molar-refractivity contribution in [1.82, 2.24) is 9.80 Å². The summed E-state index contributed by atoms with van der Waals surface area (Å²) < 4.78 is 16.5. The topological polar surface area (TPSA) is 79.4 Å². The van der Waals surface area contributed by atoms with Crippen molar-refractivity contribution in [2.24, 2.45) is 0 Å². The average molecular weight is 466 g/mol. The zero-order valence-electron chi connectivity index (χ0n) is 19.7. The van der Waals surface area contributed by atoms with E-state index in [4.69, 9.17) is 13.6 Å². The molecule has 0 aliphatic carbocycles. The number of amides is 2. The quantitative estimate of drug-likeness (QED) is 0.476. The lowest BCUT2D eigenvalue weighted by molar-refractivity contribution is -0.131. The highest BCUT2D eigenvalue weighted by Gasteiger charge is 2.25. The molecule has 0 atom stereocenters. The number of carbonyl (C=O) groups is 2. The van der Waals surface area contributed by atoms with Gasteiger partial charge in [-0.15, -0.1) is 0 Å². The molecule has 0 N–H and O–H groups in total. The van der Waals surface area contributed by atoms with Crippen LogP contribution in [0.5, 0.6) is 5.75 Å². The molecule has 1 aliphatic rings. The fraction of sp³-hybridized carbons (Fsp3) is 0.385. The molecule has 1 aliphatic heterocycles. The van der Waals surface area contributed by atoms with Crippen molar-refractivity contribution in [1.29, 1.82) is 0 Å². The second-order valence-corrected chi connectivity index (χ2v) is 8.22. The molecule has 8 heteroatoms. The van der Waals surface area contributed by atoms with E-state index in [-0.39, 0.29) is 18.2 Å². The van der Waals surface area contributed by atoms with Crippen LogP contribution >= 0.6 is 0 Å². The van der Waals surface area contributed by atoms with Crippen molar-refractivity contribution in [2.45, 2.75) is 26.8 Å². The Morgan fingerprint density at radius 1 is 1.00 bits per heavy atom. The molecule has 2 aromatic heterocycles. The lowest BCUT2D eigenvalue weighted by atomic mass is 10.2. The normalized spacial score (nSPS) is 13.7. The summed E-state index contributed by atoms with van der Waals surface area (Å²) >= 11 is 0. The number of benzene rings is 1. The van der Waals surface area contributed by atoms with Crippen molar-refractivity contribution in [3.05, 3.63) is 72.1 Å². The van der Waals surface area contributed by atoms with Crippen molar-refractivity contribution < 1.29 is 23.2 Å². The maximum Gasteiger partial charge on any atom is 0.257 e. The van der Waals surface area contributed by atoms with Gasteiger partial charge >= 0.3 is 0 Å². The minimum absolute atomic E-state index is 0.0407. The van der Waals surface area contributed by atoms with Crippen LogP contribution in [-0.4, -0.2) is 60.9 Å². The van der Waals surface area contributed by atoms with Gasteiger partial charge in [-0.2, -0.15) is 0 Å². The van der Waals surface area contributed by atoms with Crippen LogP contribution in [0, 0.1) is 6.92 Å². The van der Waals surface area contributed by atoms with Gasteiger partial charge in [0, 0.05) is 39.1 Å². The Labute approximate surface area is 199 Å². The van der Waals surface area contributed by atoms with Crippen LogP contribution < -0.4 is 9.64 Å². The van der Waals surface area contributed by atoms with Gasteiger partial charge in [-0.3, -0.25) is 9.59 Å². The summed E-state index contributed by atoms with van der Waals surface area (Å²) in [5.74, 6) is 1.96. The zero-order chi connectivity index (χ0) is 23.9. The smallest absolute Gasteiger partial charge is 0.257 e. The number of aryl methyl sites for hydroxylation is 1. The third kappa shape index (κ3) is 5.44. The van der Waals surface area contributed by atoms with Gasteiger partial charge in [-0.05, 0) is 44.2 Å². The molecule has 4 rings (SSSR count). The Morgan fingerprint density at radius 3 is 2.47 bits per heavy atom. The molecule has 3 heterocycles. The second-order valence-electron chi connectivity index (χ2n) is 8.22. The molecule has 0 radical (unpaired) electrons. The van der Waals surface area contributed by atoms with E-state index in [2.05, 4.69) is 11.0 Å². The van der Waals surface area contributed by atoms with E-state index in [0.29, 0.717) is 49.9 Å². The van der Waals surface area contributed by atoms with Crippen molar-refractivity contribution in [3.63, 3.8) is 0 Å². The van der Waals surface area contributed by atoms with Gasteiger partial charge in [-0.1, -0.05) is 12.1 Å². The first kappa shape index (κ1) is 23.5. The van der Waals surface area contributed by atoms with Gasteiger partial charge in [0.25, 0.3) is 5.91 Å². The van der Waals surface area contributed by atoms with Crippen LogP contribution in [0.4, 0.5) is 5.69 Å². The molecule has 1 aromatic carbocycles. The van der Waals surface area contributed by atoms with Crippen LogP contribution in [0.1, 0.15) is 35.2 Å². The SMILES string of the molecule is CCOc1ccccc1N1CCN(C(=O)CCN(Cc2ccco2)C(=O)c2ccoc2C)CC1. The highest BCUT2D eigenvalue weighted by molar-refractivity contribution is 5.95. The van der Waals surface area contributed by atoms with E-state index in [1.807, 2.05) is 36.1 Å². The third-order valence-electron chi connectivity index (χ3n) is 6.04. The minimum atomic E-state index is -0.173. The first-order valence-electron chi connectivity index (χ1n) is 11.7. The summed E-state index contributed by atoms with van der Waals surface area (Å²) in [5.41, 5.74) is 1.56. The summed E-state index contributed by atoms with van der Waals surface area (Å²) in [6.45, 7) is 7.67.